The van der Waals surface area contributed by atoms with Gasteiger partial charge in [-0.3, -0.25) is 4.79 Å². The number of hydrogen-bond donors (Lipinski definition) is 0. The Morgan fingerprint density at radius 1 is 1.00 bits per heavy atom. The highest BCUT2D eigenvalue weighted by molar-refractivity contribution is 5.79. The van der Waals surface area contributed by atoms with Crippen LogP contribution in [0.4, 0.5) is 0 Å². The highest BCUT2D eigenvalue weighted by atomic mass is 16.1. The van der Waals surface area contributed by atoms with Gasteiger partial charge in [-0.15, -0.1) is 0 Å². The van der Waals surface area contributed by atoms with Crippen LogP contribution in [0.1, 0.15) is 21.5 Å². The molecule has 0 bridgehead atoms. The Balaban J connectivity index is 2.22. The molecule has 0 unspecified atom stereocenters. The Labute approximate surface area is 101 Å². The highest BCUT2D eigenvalue weighted by Gasteiger charge is 2.04. The zero-order valence-corrected chi connectivity index (χ0v) is 9.60. The smallest absolute Gasteiger partial charge is 0.150 e. The van der Waals surface area contributed by atoms with Crippen molar-refractivity contribution in [3.05, 3.63) is 77.9 Å². The molecule has 0 aliphatic heterocycles. The molecule has 0 amide bonds. The summed E-state index contributed by atoms with van der Waals surface area (Å²) in [7, 11) is 0. The Kier molecular flexibility index (Phi) is 3.51. The minimum Gasteiger partial charge on any atom is -0.298 e. The summed E-state index contributed by atoms with van der Waals surface area (Å²) in [5.41, 5.74) is 3.91. The lowest BCUT2D eigenvalue weighted by molar-refractivity contribution is 0.112. The standard InChI is InChI=1S/C16H14O/c1-13(14-7-3-2-4-8-14)11-15-9-5-6-10-16(15)12-17/h2-10,12H,1,11H2. The van der Waals surface area contributed by atoms with Gasteiger partial charge in [0.05, 0.1) is 0 Å². The summed E-state index contributed by atoms with van der Waals surface area (Å²) in [4.78, 5) is 10.9. The molecule has 2 aromatic carbocycles. The quantitative estimate of drug-likeness (QED) is 0.720. The van der Waals surface area contributed by atoms with Crippen molar-refractivity contribution in [3.8, 4) is 0 Å². The third-order valence-corrected chi connectivity index (χ3v) is 2.77. The van der Waals surface area contributed by atoms with Crippen molar-refractivity contribution < 1.29 is 4.79 Å². The van der Waals surface area contributed by atoms with Crippen LogP contribution in [-0.2, 0) is 6.42 Å². The number of allylic oxidation sites excluding steroid dienone is 1. The number of carbonyl (C=O) groups is 1. The molecule has 0 aliphatic rings. The first kappa shape index (κ1) is 11.3. The van der Waals surface area contributed by atoms with E-state index >= 15 is 0 Å². The zero-order valence-electron chi connectivity index (χ0n) is 9.60. The Bertz CT molecular complexity index is 526. The van der Waals surface area contributed by atoms with Crippen LogP contribution in [-0.4, -0.2) is 6.29 Å². The monoisotopic (exact) mass is 222 g/mol. The molecule has 1 nitrogen and oxygen atoms in total. The maximum atomic E-state index is 10.9. The van der Waals surface area contributed by atoms with E-state index in [1.807, 2.05) is 54.6 Å². The van der Waals surface area contributed by atoms with Crippen LogP contribution in [0.3, 0.4) is 0 Å². The fourth-order valence-electron chi connectivity index (χ4n) is 1.82. The summed E-state index contributed by atoms with van der Waals surface area (Å²) >= 11 is 0. The molecule has 0 heterocycles. The Morgan fingerprint density at radius 2 is 1.65 bits per heavy atom. The topological polar surface area (TPSA) is 17.1 Å². The maximum absolute atomic E-state index is 10.9. The zero-order chi connectivity index (χ0) is 12.1. The predicted molar refractivity (Wildman–Crippen MR) is 71.0 cm³/mol. The first-order valence-electron chi connectivity index (χ1n) is 5.57. The van der Waals surface area contributed by atoms with E-state index in [-0.39, 0.29) is 0 Å². The SMILES string of the molecule is C=C(Cc1ccccc1C=O)c1ccccc1. The van der Waals surface area contributed by atoms with Crippen molar-refractivity contribution >= 4 is 11.9 Å². The van der Waals surface area contributed by atoms with Crippen molar-refractivity contribution in [1.82, 2.24) is 0 Å². The molecule has 0 aliphatic carbocycles. The van der Waals surface area contributed by atoms with Crippen LogP contribution in [0.25, 0.3) is 5.57 Å². The molecule has 2 aromatic rings. The second-order valence-electron chi connectivity index (χ2n) is 3.96. The van der Waals surface area contributed by atoms with Crippen molar-refractivity contribution in [3.63, 3.8) is 0 Å². The van der Waals surface area contributed by atoms with Gasteiger partial charge in [-0.2, -0.15) is 0 Å². The van der Waals surface area contributed by atoms with Gasteiger partial charge in [0.15, 0.2) is 0 Å². The van der Waals surface area contributed by atoms with Crippen molar-refractivity contribution in [2.75, 3.05) is 0 Å². The van der Waals surface area contributed by atoms with Gasteiger partial charge in [-0.25, -0.2) is 0 Å². The van der Waals surface area contributed by atoms with Gasteiger partial charge >= 0.3 is 0 Å². The Hall–Kier alpha value is -2.15. The predicted octanol–water partition coefficient (Wildman–Crippen LogP) is 3.76. The molecule has 0 saturated carbocycles. The molecule has 0 spiro atoms. The molecule has 0 aromatic heterocycles. The van der Waals surface area contributed by atoms with Gasteiger partial charge in [-0.05, 0) is 23.1 Å². The van der Waals surface area contributed by atoms with Crippen LogP contribution in [0, 0.1) is 0 Å². The second-order valence-corrected chi connectivity index (χ2v) is 3.96. The molecule has 1 heteroatoms. The van der Waals surface area contributed by atoms with E-state index in [9.17, 15) is 4.79 Å². The summed E-state index contributed by atoms with van der Waals surface area (Å²) in [5.74, 6) is 0. The fraction of sp³-hybridized carbons (Fsp3) is 0.0625. The van der Waals surface area contributed by atoms with Crippen molar-refractivity contribution in [2.24, 2.45) is 0 Å². The second kappa shape index (κ2) is 5.26. The summed E-state index contributed by atoms with van der Waals surface area (Å²) < 4.78 is 0. The van der Waals surface area contributed by atoms with Crippen molar-refractivity contribution in [1.29, 1.82) is 0 Å². The average molecular weight is 222 g/mol. The number of aldehydes is 1. The lowest BCUT2D eigenvalue weighted by Crippen LogP contribution is -1.94. The number of rotatable bonds is 4. The van der Waals surface area contributed by atoms with Crippen LogP contribution in [0.2, 0.25) is 0 Å². The van der Waals surface area contributed by atoms with Gasteiger partial charge in [0.1, 0.15) is 6.29 Å². The van der Waals surface area contributed by atoms with Crippen LogP contribution in [0.15, 0.2) is 61.2 Å². The molecule has 0 radical (unpaired) electrons. The minimum absolute atomic E-state index is 0.707. The van der Waals surface area contributed by atoms with Gasteiger partial charge in [-0.1, -0.05) is 61.2 Å². The molecule has 0 fully saturated rings. The summed E-state index contributed by atoms with van der Waals surface area (Å²) in [6.45, 7) is 4.08. The molecule has 84 valence electrons. The third-order valence-electron chi connectivity index (χ3n) is 2.77. The van der Waals surface area contributed by atoms with Crippen LogP contribution < -0.4 is 0 Å². The van der Waals surface area contributed by atoms with E-state index in [4.69, 9.17) is 0 Å². The Morgan fingerprint density at radius 3 is 2.35 bits per heavy atom. The molecular weight excluding hydrogens is 208 g/mol. The number of hydrogen-bond acceptors (Lipinski definition) is 1. The largest absolute Gasteiger partial charge is 0.298 e. The summed E-state index contributed by atoms with van der Waals surface area (Å²) in [5, 5.41) is 0. The minimum atomic E-state index is 0.707. The van der Waals surface area contributed by atoms with Gasteiger partial charge in [0.25, 0.3) is 0 Å². The molecule has 17 heavy (non-hydrogen) atoms. The number of carbonyl (C=O) groups excluding carboxylic acids is 1. The van der Waals surface area contributed by atoms with E-state index in [1.165, 1.54) is 0 Å². The van der Waals surface area contributed by atoms with E-state index in [1.54, 1.807) is 0 Å². The van der Waals surface area contributed by atoms with E-state index in [0.29, 0.717) is 6.42 Å². The van der Waals surface area contributed by atoms with Crippen molar-refractivity contribution in [2.45, 2.75) is 6.42 Å². The first-order valence-corrected chi connectivity index (χ1v) is 5.57. The van der Waals surface area contributed by atoms with E-state index in [2.05, 4.69) is 6.58 Å². The number of benzene rings is 2. The normalized spacial score (nSPS) is 9.88. The van der Waals surface area contributed by atoms with E-state index < -0.39 is 0 Å². The fourth-order valence-corrected chi connectivity index (χ4v) is 1.82. The van der Waals surface area contributed by atoms with Gasteiger partial charge < -0.3 is 0 Å². The maximum Gasteiger partial charge on any atom is 0.150 e. The lowest BCUT2D eigenvalue weighted by Gasteiger charge is -2.07. The highest BCUT2D eigenvalue weighted by Crippen LogP contribution is 2.19. The summed E-state index contributed by atoms with van der Waals surface area (Å²) in [6, 6.07) is 17.7. The molecular formula is C16H14O. The molecule has 0 N–H and O–H groups in total. The van der Waals surface area contributed by atoms with Crippen LogP contribution >= 0.6 is 0 Å². The van der Waals surface area contributed by atoms with Crippen LogP contribution in [0.5, 0.6) is 0 Å². The third kappa shape index (κ3) is 2.70. The average Bonchev–Trinajstić information content (AvgIpc) is 2.40. The molecule has 0 saturated heterocycles. The summed E-state index contributed by atoms with van der Waals surface area (Å²) in [6.07, 6.45) is 1.60. The molecule has 2 rings (SSSR count). The van der Waals surface area contributed by atoms with Gasteiger partial charge in [0, 0.05) is 5.56 Å². The van der Waals surface area contributed by atoms with Gasteiger partial charge in [0.2, 0.25) is 0 Å². The van der Waals surface area contributed by atoms with E-state index in [0.717, 1.165) is 28.5 Å². The first-order chi connectivity index (χ1) is 8.31. The molecule has 0 atom stereocenters. The lowest BCUT2D eigenvalue weighted by atomic mass is 9.97.